The number of carbonyl (C=O) groups excluding carboxylic acids is 2. The maximum atomic E-state index is 13.3. The molecule has 0 bridgehead atoms. The number of benzene rings is 3. The third kappa shape index (κ3) is 5.48. The zero-order valence-corrected chi connectivity index (χ0v) is 20.9. The number of amides is 2. The van der Waals surface area contributed by atoms with Gasteiger partial charge in [-0.3, -0.25) is 14.6 Å². The second-order valence-corrected chi connectivity index (χ2v) is 9.67. The van der Waals surface area contributed by atoms with E-state index in [0.717, 1.165) is 33.2 Å². The van der Waals surface area contributed by atoms with Crippen molar-refractivity contribution in [1.29, 1.82) is 0 Å². The Morgan fingerprint density at radius 2 is 1.68 bits per heavy atom. The molecule has 2 amide bonds. The summed E-state index contributed by atoms with van der Waals surface area (Å²) in [5, 5.41) is 8.59. The molecule has 2 atom stereocenters. The van der Waals surface area contributed by atoms with Crippen LogP contribution >= 0.6 is 0 Å². The molecular weight excluding hydrogens is 462 g/mol. The predicted molar refractivity (Wildman–Crippen MR) is 144 cm³/mol. The van der Waals surface area contributed by atoms with E-state index in [9.17, 15) is 9.59 Å². The van der Waals surface area contributed by atoms with E-state index < -0.39 is 5.54 Å². The van der Waals surface area contributed by atoms with E-state index in [4.69, 9.17) is 4.74 Å². The molecular formula is C31H31N3O3. The highest BCUT2D eigenvalue weighted by atomic mass is 16.5. The van der Waals surface area contributed by atoms with Gasteiger partial charge >= 0.3 is 0 Å². The van der Waals surface area contributed by atoms with Crippen LogP contribution in [0.3, 0.4) is 0 Å². The lowest BCUT2D eigenvalue weighted by Crippen LogP contribution is -2.44. The van der Waals surface area contributed by atoms with E-state index in [1.54, 1.807) is 19.5 Å². The van der Waals surface area contributed by atoms with E-state index in [1.165, 1.54) is 0 Å². The Kier molecular flexibility index (Phi) is 7.17. The van der Waals surface area contributed by atoms with Crippen LogP contribution in [0.15, 0.2) is 91.3 Å². The number of hydrogen-bond acceptors (Lipinski definition) is 4. The van der Waals surface area contributed by atoms with Crippen molar-refractivity contribution in [3.05, 3.63) is 108 Å². The molecule has 188 valence electrons. The number of fused-ring (bicyclic) bond motifs is 1. The molecule has 1 aliphatic heterocycles. The number of ether oxygens (including phenoxy) is 1. The van der Waals surface area contributed by atoms with Crippen molar-refractivity contribution in [3.8, 4) is 5.75 Å². The van der Waals surface area contributed by atoms with Gasteiger partial charge in [0.25, 0.3) is 0 Å². The average Bonchev–Trinajstić information content (AvgIpc) is 3.32. The maximum Gasteiger partial charge on any atom is 0.220 e. The Morgan fingerprint density at radius 1 is 0.973 bits per heavy atom. The van der Waals surface area contributed by atoms with Gasteiger partial charge in [0, 0.05) is 36.2 Å². The lowest BCUT2D eigenvalue weighted by atomic mass is 9.83. The van der Waals surface area contributed by atoms with Gasteiger partial charge in [-0.15, -0.1) is 0 Å². The number of rotatable bonds is 9. The Hall–Kier alpha value is -4.19. The molecule has 0 radical (unpaired) electrons. The van der Waals surface area contributed by atoms with Gasteiger partial charge in [-0.05, 0) is 59.5 Å². The van der Waals surface area contributed by atoms with Crippen molar-refractivity contribution in [1.82, 2.24) is 15.6 Å². The highest BCUT2D eigenvalue weighted by Crippen LogP contribution is 2.35. The molecule has 6 heteroatoms. The zero-order valence-electron chi connectivity index (χ0n) is 20.9. The summed E-state index contributed by atoms with van der Waals surface area (Å²) >= 11 is 0. The molecule has 0 unspecified atom stereocenters. The lowest BCUT2D eigenvalue weighted by Gasteiger charge is -2.30. The molecule has 2 N–H and O–H groups in total. The minimum atomic E-state index is -0.468. The molecule has 1 saturated heterocycles. The Morgan fingerprint density at radius 3 is 2.38 bits per heavy atom. The largest absolute Gasteiger partial charge is 0.496 e. The van der Waals surface area contributed by atoms with Gasteiger partial charge in [0.15, 0.2) is 0 Å². The number of aromatic nitrogens is 1. The SMILES string of the molecule is COc1ccc(C[C@@]2(CCC(=O)N[C@@H](c3ccccc3)c3ccncc3)CCC(=O)N2)c2ccccc12. The third-order valence-corrected chi connectivity index (χ3v) is 7.27. The molecule has 6 nitrogen and oxygen atoms in total. The van der Waals surface area contributed by atoms with Crippen LogP contribution in [0.25, 0.3) is 10.8 Å². The van der Waals surface area contributed by atoms with E-state index in [-0.39, 0.29) is 17.9 Å². The maximum absolute atomic E-state index is 13.3. The van der Waals surface area contributed by atoms with Crippen LogP contribution in [0, 0.1) is 0 Å². The molecule has 1 aliphatic rings. The van der Waals surface area contributed by atoms with E-state index in [1.807, 2.05) is 66.7 Å². The molecule has 1 fully saturated rings. The van der Waals surface area contributed by atoms with E-state index in [0.29, 0.717) is 32.1 Å². The smallest absolute Gasteiger partial charge is 0.220 e. The molecule has 3 aromatic carbocycles. The summed E-state index contributed by atoms with van der Waals surface area (Å²) in [5.41, 5.74) is 2.65. The zero-order chi connectivity index (χ0) is 25.7. The van der Waals surface area contributed by atoms with E-state index >= 15 is 0 Å². The molecule has 0 spiro atoms. The molecule has 0 aliphatic carbocycles. The summed E-state index contributed by atoms with van der Waals surface area (Å²) in [7, 11) is 1.67. The molecule has 0 saturated carbocycles. The molecule has 1 aromatic heterocycles. The number of nitrogens with one attached hydrogen (secondary N) is 2. The summed E-state index contributed by atoms with van der Waals surface area (Å²) < 4.78 is 5.56. The van der Waals surface area contributed by atoms with Crippen molar-refractivity contribution in [2.24, 2.45) is 0 Å². The minimum absolute atomic E-state index is 0.0390. The quantitative estimate of drug-likeness (QED) is 0.339. The highest BCUT2D eigenvalue weighted by Gasteiger charge is 2.38. The van der Waals surface area contributed by atoms with Gasteiger partial charge in [-0.2, -0.15) is 0 Å². The van der Waals surface area contributed by atoms with Gasteiger partial charge in [0.05, 0.1) is 13.2 Å². The summed E-state index contributed by atoms with van der Waals surface area (Å²) in [4.78, 5) is 29.8. The van der Waals surface area contributed by atoms with Crippen molar-refractivity contribution < 1.29 is 14.3 Å². The number of pyridine rings is 1. The van der Waals surface area contributed by atoms with Crippen LogP contribution in [0.2, 0.25) is 0 Å². The van der Waals surface area contributed by atoms with E-state index in [2.05, 4.69) is 27.8 Å². The molecule has 5 rings (SSSR count). The van der Waals surface area contributed by atoms with Crippen molar-refractivity contribution in [2.75, 3.05) is 7.11 Å². The standard InChI is InChI=1S/C31H31N3O3/c1-37-27-12-11-24(25-9-5-6-10-26(25)27)21-31(18-14-29(36)34-31)17-13-28(35)33-30(22-7-3-2-4-8-22)23-15-19-32-20-16-23/h2-12,15-16,19-20,30H,13-14,17-18,21H2,1H3,(H,33,35)(H,34,36)/t30-,31+/m0/s1. The Labute approximate surface area is 217 Å². The van der Waals surface area contributed by atoms with Crippen LogP contribution in [-0.4, -0.2) is 29.4 Å². The first-order valence-corrected chi connectivity index (χ1v) is 12.7. The summed E-state index contributed by atoms with van der Waals surface area (Å²) in [6.07, 6.45) is 6.17. The van der Waals surface area contributed by atoms with Gasteiger partial charge in [-0.1, -0.05) is 60.7 Å². The molecule has 4 aromatic rings. The number of hydrogen-bond donors (Lipinski definition) is 2. The van der Waals surface area contributed by atoms with Gasteiger partial charge in [-0.25, -0.2) is 0 Å². The van der Waals surface area contributed by atoms with Crippen molar-refractivity contribution >= 4 is 22.6 Å². The second-order valence-electron chi connectivity index (χ2n) is 9.67. The first kappa shape index (κ1) is 24.5. The van der Waals surface area contributed by atoms with Crippen molar-refractivity contribution in [3.63, 3.8) is 0 Å². The predicted octanol–water partition coefficient (Wildman–Crippen LogP) is 5.12. The number of nitrogens with zero attached hydrogens (tertiary/aromatic N) is 1. The molecule has 2 heterocycles. The fourth-order valence-corrected chi connectivity index (χ4v) is 5.36. The fraction of sp³-hybridized carbons (Fsp3) is 0.258. The van der Waals surface area contributed by atoms with Gasteiger partial charge in [0.2, 0.25) is 11.8 Å². The first-order valence-electron chi connectivity index (χ1n) is 12.7. The second kappa shape index (κ2) is 10.8. The number of methoxy groups -OCH3 is 1. The Bertz CT molecular complexity index is 1350. The van der Waals surface area contributed by atoms with Crippen LogP contribution < -0.4 is 15.4 Å². The molecule has 37 heavy (non-hydrogen) atoms. The van der Waals surface area contributed by atoms with Crippen LogP contribution in [-0.2, 0) is 16.0 Å². The monoisotopic (exact) mass is 493 g/mol. The van der Waals surface area contributed by atoms with Crippen molar-refractivity contribution in [2.45, 2.75) is 43.7 Å². The number of carbonyl (C=O) groups is 2. The van der Waals surface area contributed by atoms with Gasteiger partial charge < -0.3 is 15.4 Å². The average molecular weight is 494 g/mol. The topological polar surface area (TPSA) is 80.3 Å². The summed E-state index contributed by atoms with van der Waals surface area (Å²) in [6, 6.07) is 25.7. The summed E-state index contributed by atoms with van der Waals surface area (Å²) in [5.74, 6) is 0.814. The van der Waals surface area contributed by atoms with Crippen LogP contribution in [0.4, 0.5) is 0 Å². The minimum Gasteiger partial charge on any atom is -0.496 e. The lowest BCUT2D eigenvalue weighted by molar-refractivity contribution is -0.123. The fourth-order valence-electron chi connectivity index (χ4n) is 5.36. The third-order valence-electron chi connectivity index (χ3n) is 7.27. The van der Waals surface area contributed by atoms with Crippen LogP contribution in [0.5, 0.6) is 5.75 Å². The summed E-state index contributed by atoms with van der Waals surface area (Å²) in [6.45, 7) is 0. The highest BCUT2D eigenvalue weighted by molar-refractivity contribution is 5.91. The first-order chi connectivity index (χ1) is 18.1. The van der Waals surface area contributed by atoms with Gasteiger partial charge in [0.1, 0.15) is 5.75 Å². The normalized spacial score (nSPS) is 17.8. The Balaban J connectivity index is 1.35. The van der Waals surface area contributed by atoms with Crippen LogP contribution in [0.1, 0.15) is 48.4 Å².